The van der Waals surface area contributed by atoms with E-state index in [0.29, 0.717) is 6.42 Å². The number of fused-ring (bicyclic) bond motifs is 1. The molecule has 1 fully saturated rings. The van der Waals surface area contributed by atoms with Crippen LogP contribution in [0.3, 0.4) is 0 Å². The zero-order chi connectivity index (χ0) is 24.2. The van der Waals surface area contributed by atoms with Gasteiger partial charge in [0.2, 0.25) is 0 Å². The lowest BCUT2D eigenvalue weighted by Crippen LogP contribution is -2.26. The highest BCUT2D eigenvalue weighted by molar-refractivity contribution is 6.00. The molecule has 3 N–H and O–H groups in total. The summed E-state index contributed by atoms with van der Waals surface area (Å²) in [5.41, 5.74) is 14.2. The Morgan fingerprint density at radius 2 is 1.74 bits per heavy atom. The first-order valence-electron chi connectivity index (χ1n) is 12.6. The summed E-state index contributed by atoms with van der Waals surface area (Å²) in [5, 5.41) is 9.83. The number of phenolic OH excluding ortho intramolecular Hbond substituents is 1. The number of phenols is 1. The van der Waals surface area contributed by atoms with Gasteiger partial charge in [-0.15, -0.1) is 0 Å². The Hall–Kier alpha value is -3.31. The number of ether oxygens (including phenoxy) is 1. The van der Waals surface area contributed by atoms with Gasteiger partial charge in [-0.2, -0.15) is 0 Å². The average molecular weight is 473 g/mol. The molecule has 2 aliphatic rings. The van der Waals surface area contributed by atoms with Gasteiger partial charge in [0.05, 0.1) is 6.67 Å². The SMILES string of the molecule is Nc1ccc2c(c1)C(c1ccc(O[C@H]3CCN(CCCF)C3)cc1)=C(c1ccc(O)cc1)CCC2. The second-order valence-corrected chi connectivity index (χ2v) is 9.57. The fourth-order valence-corrected chi connectivity index (χ4v) is 5.34. The summed E-state index contributed by atoms with van der Waals surface area (Å²) in [7, 11) is 0. The second-order valence-electron chi connectivity index (χ2n) is 9.57. The Morgan fingerprint density at radius 1 is 0.971 bits per heavy atom. The van der Waals surface area contributed by atoms with E-state index in [1.807, 2.05) is 18.2 Å². The van der Waals surface area contributed by atoms with E-state index in [0.717, 1.165) is 67.9 Å². The minimum absolute atomic E-state index is 0.144. The fourth-order valence-electron chi connectivity index (χ4n) is 5.34. The maximum Gasteiger partial charge on any atom is 0.119 e. The van der Waals surface area contributed by atoms with Gasteiger partial charge in [0, 0.05) is 25.3 Å². The molecular formula is C30H33FN2O2. The lowest BCUT2D eigenvalue weighted by atomic mass is 9.87. The van der Waals surface area contributed by atoms with Crippen LogP contribution in [0.15, 0.2) is 66.7 Å². The molecule has 0 bridgehead atoms. The molecule has 0 aromatic heterocycles. The van der Waals surface area contributed by atoms with E-state index in [1.54, 1.807) is 12.1 Å². The summed E-state index contributed by atoms with van der Waals surface area (Å²) in [4.78, 5) is 2.28. The van der Waals surface area contributed by atoms with Crippen molar-refractivity contribution in [3.63, 3.8) is 0 Å². The zero-order valence-corrected chi connectivity index (χ0v) is 20.1. The van der Waals surface area contributed by atoms with Crippen molar-refractivity contribution in [3.8, 4) is 11.5 Å². The molecule has 0 radical (unpaired) electrons. The summed E-state index contributed by atoms with van der Waals surface area (Å²) >= 11 is 0. The summed E-state index contributed by atoms with van der Waals surface area (Å²) in [6.45, 7) is 2.35. The topological polar surface area (TPSA) is 58.7 Å². The average Bonchev–Trinajstić information content (AvgIpc) is 3.23. The van der Waals surface area contributed by atoms with Gasteiger partial charge >= 0.3 is 0 Å². The van der Waals surface area contributed by atoms with Crippen LogP contribution in [-0.2, 0) is 6.42 Å². The van der Waals surface area contributed by atoms with Gasteiger partial charge in [-0.1, -0.05) is 30.3 Å². The lowest BCUT2D eigenvalue weighted by Gasteiger charge is -2.19. The number of nitrogens with two attached hydrogens (primary N) is 1. The van der Waals surface area contributed by atoms with Gasteiger partial charge in [-0.05, 0) is 102 Å². The number of halogens is 1. The van der Waals surface area contributed by atoms with E-state index in [1.165, 1.54) is 22.3 Å². The van der Waals surface area contributed by atoms with Gasteiger partial charge in [0.15, 0.2) is 0 Å². The summed E-state index contributed by atoms with van der Waals surface area (Å²) < 4.78 is 18.8. The molecule has 35 heavy (non-hydrogen) atoms. The predicted octanol–water partition coefficient (Wildman–Crippen LogP) is 6.08. The monoisotopic (exact) mass is 472 g/mol. The summed E-state index contributed by atoms with van der Waals surface area (Å²) in [5.74, 6) is 1.13. The van der Waals surface area contributed by atoms with E-state index in [2.05, 4.69) is 41.3 Å². The van der Waals surface area contributed by atoms with Gasteiger partial charge in [0.25, 0.3) is 0 Å². The van der Waals surface area contributed by atoms with Gasteiger partial charge in [0.1, 0.15) is 17.6 Å². The highest BCUT2D eigenvalue weighted by atomic mass is 19.1. The van der Waals surface area contributed by atoms with Crippen molar-refractivity contribution >= 4 is 16.8 Å². The minimum Gasteiger partial charge on any atom is -0.508 e. The van der Waals surface area contributed by atoms with Crippen LogP contribution in [0, 0.1) is 0 Å². The van der Waals surface area contributed by atoms with Crippen LogP contribution in [0.1, 0.15) is 47.9 Å². The Labute approximate surface area is 206 Å². The van der Waals surface area contributed by atoms with Crippen LogP contribution in [-0.4, -0.2) is 42.4 Å². The molecule has 5 heteroatoms. The maximum absolute atomic E-state index is 12.5. The molecule has 3 aromatic rings. The van der Waals surface area contributed by atoms with E-state index < -0.39 is 0 Å². The molecule has 1 saturated heterocycles. The first kappa shape index (κ1) is 23.4. The van der Waals surface area contributed by atoms with Crippen molar-refractivity contribution in [1.29, 1.82) is 0 Å². The van der Waals surface area contributed by atoms with Crippen LogP contribution < -0.4 is 10.5 Å². The molecule has 182 valence electrons. The summed E-state index contributed by atoms with van der Waals surface area (Å²) in [6.07, 6.45) is 4.71. The van der Waals surface area contributed by atoms with Gasteiger partial charge in [-0.3, -0.25) is 9.29 Å². The molecule has 0 unspecified atom stereocenters. The molecule has 0 spiro atoms. The minimum atomic E-state index is -0.264. The lowest BCUT2D eigenvalue weighted by molar-refractivity contribution is 0.198. The molecule has 1 aliphatic carbocycles. The number of hydrogen-bond donors (Lipinski definition) is 2. The molecule has 5 rings (SSSR count). The number of hydrogen-bond acceptors (Lipinski definition) is 4. The molecule has 4 nitrogen and oxygen atoms in total. The Kier molecular flexibility index (Phi) is 7.05. The number of nitrogens with zero attached hydrogens (tertiary/aromatic N) is 1. The van der Waals surface area contributed by atoms with Gasteiger partial charge in [-0.25, -0.2) is 0 Å². The van der Waals surface area contributed by atoms with Crippen LogP contribution in [0.2, 0.25) is 0 Å². The Bertz CT molecular complexity index is 1190. The van der Waals surface area contributed by atoms with Crippen LogP contribution >= 0.6 is 0 Å². The number of benzene rings is 3. The third kappa shape index (κ3) is 5.35. The molecule has 1 heterocycles. The van der Waals surface area contributed by atoms with Crippen molar-refractivity contribution in [2.45, 2.75) is 38.2 Å². The molecule has 1 atom stereocenters. The van der Waals surface area contributed by atoms with Crippen LogP contribution in [0.4, 0.5) is 10.1 Å². The number of rotatable bonds is 7. The van der Waals surface area contributed by atoms with Crippen molar-refractivity contribution in [1.82, 2.24) is 4.90 Å². The third-order valence-electron chi connectivity index (χ3n) is 7.08. The van der Waals surface area contributed by atoms with E-state index in [9.17, 15) is 9.50 Å². The second kappa shape index (κ2) is 10.5. The first-order chi connectivity index (χ1) is 17.1. The number of likely N-dealkylation sites (tertiary alicyclic amines) is 1. The van der Waals surface area contributed by atoms with E-state index in [-0.39, 0.29) is 18.5 Å². The molecule has 0 amide bonds. The number of nitrogen functional groups attached to an aromatic ring is 1. The van der Waals surface area contributed by atoms with Crippen molar-refractivity contribution in [3.05, 3.63) is 89.0 Å². The zero-order valence-electron chi connectivity index (χ0n) is 20.1. The van der Waals surface area contributed by atoms with Gasteiger partial charge < -0.3 is 15.6 Å². The predicted molar refractivity (Wildman–Crippen MR) is 140 cm³/mol. The molecular weight excluding hydrogens is 439 g/mol. The number of aromatic hydroxyl groups is 1. The standard InChI is InChI=1S/C30H33FN2O2/c31-16-2-17-33-18-15-27(20-33)35-26-13-8-23(9-14-26)30-28(22-6-11-25(34)12-7-22)4-1-3-21-5-10-24(32)19-29(21)30/h5-14,19,27,34H,1-4,15-18,20,32H2/t27-/m0/s1. The quantitative estimate of drug-likeness (QED) is 0.409. The molecule has 1 aliphatic heterocycles. The highest BCUT2D eigenvalue weighted by Gasteiger charge is 2.24. The molecule has 0 saturated carbocycles. The largest absolute Gasteiger partial charge is 0.508 e. The Balaban J connectivity index is 1.47. The van der Waals surface area contributed by atoms with E-state index in [4.69, 9.17) is 10.5 Å². The first-order valence-corrected chi connectivity index (χ1v) is 12.6. The van der Waals surface area contributed by atoms with E-state index >= 15 is 0 Å². The van der Waals surface area contributed by atoms with Crippen molar-refractivity contribution < 1.29 is 14.2 Å². The molecule has 3 aromatic carbocycles. The number of allylic oxidation sites excluding steroid dienone is 1. The summed E-state index contributed by atoms with van der Waals surface area (Å²) in [6, 6.07) is 22.1. The number of aryl methyl sites for hydroxylation is 1. The van der Waals surface area contributed by atoms with Crippen molar-refractivity contribution in [2.24, 2.45) is 0 Å². The normalized spacial score (nSPS) is 18.4. The number of alkyl halides is 1. The number of anilines is 1. The fraction of sp³-hybridized carbons (Fsp3) is 0.333. The van der Waals surface area contributed by atoms with Crippen LogP contribution in [0.5, 0.6) is 11.5 Å². The smallest absolute Gasteiger partial charge is 0.119 e. The van der Waals surface area contributed by atoms with Crippen molar-refractivity contribution in [2.75, 3.05) is 32.0 Å². The highest BCUT2D eigenvalue weighted by Crippen LogP contribution is 2.41. The maximum atomic E-state index is 12.5. The third-order valence-corrected chi connectivity index (χ3v) is 7.08. The van der Waals surface area contributed by atoms with Crippen LogP contribution in [0.25, 0.3) is 11.1 Å². The Morgan fingerprint density at radius 3 is 2.51 bits per heavy atom.